The number of hydrogen-bond donors (Lipinski definition) is 1. The standard InChI is InChI=1S/C16H23F2N3O3S/c1-2-3-6-19-16(22)12-20-7-9-21(10-8-20)25(23,24)13-4-5-14(17)15(18)11-13/h4-5,11H,2-3,6-10,12H2,1H3,(H,19,22). The highest BCUT2D eigenvalue weighted by Crippen LogP contribution is 2.19. The molecule has 140 valence electrons. The Kier molecular flexibility index (Phi) is 6.86. The van der Waals surface area contributed by atoms with Crippen molar-refractivity contribution < 1.29 is 22.0 Å². The van der Waals surface area contributed by atoms with Crippen molar-refractivity contribution in [2.75, 3.05) is 39.3 Å². The van der Waals surface area contributed by atoms with Crippen LogP contribution in [-0.4, -0.2) is 62.8 Å². The van der Waals surface area contributed by atoms with Gasteiger partial charge in [0.05, 0.1) is 11.4 Å². The Morgan fingerprint density at radius 3 is 2.44 bits per heavy atom. The summed E-state index contributed by atoms with van der Waals surface area (Å²) in [6.07, 6.45) is 1.92. The Morgan fingerprint density at radius 2 is 1.84 bits per heavy atom. The zero-order chi connectivity index (χ0) is 18.4. The SMILES string of the molecule is CCCCNC(=O)CN1CCN(S(=O)(=O)c2ccc(F)c(F)c2)CC1. The van der Waals surface area contributed by atoms with E-state index in [1.165, 1.54) is 4.31 Å². The number of carbonyl (C=O) groups excluding carboxylic acids is 1. The molecule has 2 rings (SSSR count). The normalized spacial score (nSPS) is 16.8. The second-order valence-corrected chi connectivity index (χ2v) is 7.90. The number of piperazine rings is 1. The molecule has 1 aliphatic rings. The number of benzene rings is 1. The summed E-state index contributed by atoms with van der Waals surface area (Å²) in [5, 5.41) is 2.82. The fourth-order valence-electron chi connectivity index (χ4n) is 2.58. The Bertz CT molecular complexity index is 705. The molecule has 25 heavy (non-hydrogen) atoms. The lowest BCUT2D eigenvalue weighted by atomic mass is 10.3. The number of sulfonamides is 1. The van der Waals surface area contributed by atoms with Crippen molar-refractivity contribution >= 4 is 15.9 Å². The van der Waals surface area contributed by atoms with Gasteiger partial charge in [-0.1, -0.05) is 13.3 Å². The summed E-state index contributed by atoms with van der Waals surface area (Å²) in [6.45, 7) is 4.11. The van der Waals surface area contributed by atoms with Crippen LogP contribution < -0.4 is 5.32 Å². The summed E-state index contributed by atoms with van der Waals surface area (Å²) < 4.78 is 52.5. The Hall–Kier alpha value is -1.58. The zero-order valence-corrected chi connectivity index (χ0v) is 15.0. The largest absolute Gasteiger partial charge is 0.355 e. The molecule has 0 bridgehead atoms. The van der Waals surface area contributed by atoms with Crippen LogP contribution in [-0.2, 0) is 14.8 Å². The molecule has 1 aromatic rings. The van der Waals surface area contributed by atoms with Gasteiger partial charge in [-0.3, -0.25) is 9.69 Å². The molecule has 0 aromatic heterocycles. The van der Waals surface area contributed by atoms with E-state index in [1.54, 1.807) is 0 Å². The van der Waals surface area contributed by atoms with Gasteiger partial charge in [0, 0.05) is 32.7 Å². The molecule has 0 aliphatic carbocycles. The minimum absolute atomic E-state index is 0.0784. The summed E-state index contributed by atoms with van der Waals surface area (Å²) in [5.74, 6) is -2.35. The van der Waals surface area contributed by atoms with Gasteiger partial charge in [-0.05, 0) is 24.6 Å². The maximum Gasteiger partial charge on any atom is 0.243 e. The topological polar surface area (TPSA) is 69.7 Å². The van der Waals surface area contributed by atoms with E-state index in [0.29, 0.717) is 25.7 Å². The Morgan fingerprint density at radius 1 is 1.16 bits per heavy atom. The Balaban J connectivity index is 1.90. The summed E-state index contributed by atoms with van der Waals surface area (Å²) in [5.41, 5.74) is 0. The van der Waals surface area contributed by atoms with Crippen LogP contribution in [0.2, 0.25) is 0 Å². The smallest absolute Gasteiger partial charge is 0.243 e. The number of halogens is 2. The minimum Gasteiger partial charge on any atom is -0.355 e. The molecule has 6 nitrogen and oxygen atoms in total. The molecule has 0 atom stereocenters. The van der Waals surface area contributed by atoms with Crippen molar-refractivity contribution in [2.24, 2.45) is 0 Å². The fraction of sp³-hybridized carbons (Fsp3) is 0.562. The molecule has 1 amide bonds. The van der Waals surface area contributed by atoms with E-state index in [9.17, 15) is 22.0 Å². The summed E-state index contributed by atoms with van der Waals surface area (Å²) >= 11 is 0. The van der Waals surface area contributed by atoms with E-state index in [1.807, 2.05) is 11.8 Å². The van der Waals surface area contributed by atoms with E-state index in [4.69, 9.17) is 0 Å². The predicted molar refractivity (Wildman–Crippen MR) is 89.5 cm³/mol. The molecule has 1 heterocycles. The van der Waals surface area contributed by atoms with Crippen molar-refractivity contribution in [1.82, 2.24) is 14.5 Å². The van der Waals surface area contributed by atoms with E-state index in [-0.39, 0.29) is 30.4 Å². The summed E-state index contributed by atoms with van der Waals surface area (Å²) in [7, 11) is -3.87. The molecule has 0 saturated carbocycles. The molecule has 1 saturated heterocycles. The first-order valence-corrected chi connectivity index (χ1v) is 9.73. The van der Waals surface area contributed by atoms with Gasteiger partial charge in [0.1, 0.15) is 0 Å². The number of unbranched alkanes of at least 4 members (excludes halogenated alkanes) is 1. The molecule has 1 aliphatic heterocycles. The molecule has 1 aromatic carbocycles. The van der Waals surface area contributed by atoms with Crippen LogP contribution in [0.25, 0.3) is 0 Å². The van der Waals surface area contributed by atoms with Gasteiger partial charge in [0.15, 0.2) is 11.6 Å². The molecular formula is C16H23F2N3O3S. The second kappa shape index (κ2) is 8.68. The highest BCUT2D eigenvalue weighted by atomic mass is 32.2. The monoisotopic (exact) mass is 375 g/mol. The van der Waals surface area contributed by atoms with Crippen LogP contribution in [0.4, 0.5) is 8.78 Å². The first-order chi connectivity index (χ1) is 11.8. The number of nitrogens with zero attached hydrogens (tertiary/aromatic N) is 2. The van der Waals surface area contributed by atoms with Crippen molar-refractivity contribution in [3.05, 3.63) is 29.8 Å². The van der Waals surface area contributed by atoms with Crippen LogP contribution in [0.15, 0.2) is 23.1 Å². The number of nitrogens with one attached hydrogen (secondary N) is 1. The van der Waals surface area contributed by atoms with Crippen molar-refractivity contribution in [1.29, 1.82) is 0 Å². The van der Waals surface area contributed by atoms with Crippen LogP contribution in [0.5, 0.6) is 0 Å². The number of amides is 1. The lowest BCUT2D eigenvalue weighted by Crippen LogP contribution is -2.51. The average Bonchev–Trinajstić information content (AvgIpc) is 2.58. The quantitative estimate of drug-likeness (QED) is 0.727. The first kappa shape index (κ1) is 19.7. The molecule has 0 radical (unpaired) electrons. The minimum atomic E-state index is -3.87. The van der Waals surface area contributed by atoms with Crippen molar-refractivity contribution in [2.45, 2.75) is 24.7 Å². The van der Waals surface area contributed by atoms with Crippen LogP contribution in [0.3, 0.4) is 0 Å². The van der Waals surface area contributed by atoms with Gasteiger partial charge in [-0.25, -0.2) is 17.2 Å². The number of hydrogen-bond acceptors (Lipinski definition) is 4. The molecule has 0 unspecified atom stereocenters. The van der Waals surface area contributed by atoms with Crippen molar-refractivity contribution in [3.8, 4) is 0 Å². The maximum absolute atomic E-state index is 13.3. The zero-order valence-electron chi connectivity index (χ0n) is 14.2. The molecule has 0 spiro atoms. The van der Waals surface area contributed by atoms with Gasteiger partial charge in [0.2, 0.25) is 15.9 Å². The van der Waals surface area contributed by atoms with E-state index < -0.39 is 21.7 Å². The second-order valence-electron chi connectivity index (χ2n) is 5.96. The fourth-order valence-corrected chi connectivity index (χ4v) is 4.01. The van der Waals surface area contributed by atoms with Gasteiger partial charge >= 0.3 is 0 Å². The molecule has 9 heteroatoms. The number of rotatable bonds is 7. The first-order valence-electron chi connectivity index (χ1n) is 8.29. The molecule has 1 fully saturated rings. The van der Waals surface area contributed by atoms with Crippen LogP contribution >= 0.6 is 0 Å². The van der Waals surface area contributed by atoms with Gasteiger partial charge in [0.25, 0.3) is 0 Å². The van der Waals surface area contributed by atoms with E-state index in [0.717, 1.165) is 25.0 Å². The van der Waals surface area contributed by atoms with Gasteiger partial charge in [-0.15, -0.1) is 0 Å². The van der Waals surface area contributed by atoms with Crippen LogP contribution in [0.1, 0.15) is 19.8 Å². The summed E-state index contributed by atoms with van der Waals surface area (Å²) in [6, 6.07) is 2.55. The highest BCUT2D eigenvalue weighted by Gasteiger charge is 2.29. The van der Waals surface area contributed by atoms with Crippen LogP contribution in [0, 0.1) is 11.6 Å². The third kappa shape index (κ3) is 5.20. The van der Waals surface area contributed by atoms with Gasteiger partial charge < -0.3 is 5.32 Å². The van der Waals surface area contributed by atoms with E-state index >= 15 is 0 Å². The molecule has 1 N–H and O–H groups in total. The molecular weight excluding hydrogens is 352 g/mol. The third-order valence-corrected chi connectivity index (χ3v) is 5.97. The predicted octanol–water partition coefficient (Wildman–Crippen LogP) is 1.19. The lowest BCUT2D eigenvalue weighted by molar-refractivity contribution is -0.122. The van der Waals surface area contributed by atoms with Gasteiger partial charge in [-0.2, -0.15) is 4.31 Å². The van der Waals surface area contributed by atoms with Crippen molar-refractivity contribution in [3.63, 3.8) is 0 Å². The highest BCUT2D eigenvalue weighted by molar-refractivity contribution is 7.89. The lowest BCUT2D eigenvalue weighted by Gasteiger charge is -2.33. The third-order valence-electron chi connectivity index (χ3n) is 4.08. The van der Waals surface area contributed by atoms with E-state index in [2.05, 4.69) is 5.32 Å². The number of carbonyl (C=O) groups is 1. The summed E-state index contributed by atoms with van der Waals surface area (Å²) in [4.78, 5) is 13.4. The maximum atomic E-state index is 13.3. The Labute approximate surface area is 146 Å². The average molecular weight is 375 g/mol.